The van der Waals surface area contributed by atoms with Crippen molar-refractivity contribution in [3.8, 4) is 0 Å². The molecule has 6 heteroatoms. The van der Waals surface area contributed by atoms with E-state index in [1.54, 1.807) is 12.4 Å². The molecule has 96 valence electrons. The van der Waals surface area contributed by atoms with Gasteiger partial charge in [-0.1, -0.05) is 0 Å². The average Bonchev–Trinajstić information content (AvgIpc) is 2.76. The van der Waals surface area contributed by atoms with E-state index in [9.17, 15) is 0 Å². The number of imidazole rings is 1. The van der Waals surface area contributed by atoms with Crippen molar-refractivity contribution in [1.82, 2.24) is 19.5 Å². The second-order valence-corrected chi connectivity index (χ2v) is 4.08. The first-order valence-electron chi connectivity index (χ1n) is 5.95. The second-order valence-electron chi connectivity index (χ2n) is 4.08. The summed E-state index contributed by atoms with van der Waals surface area (Å²) in [4.78, 5) is 14.9. The van der Waals surface area contributed by atoms with E-state index in [0.29, 0.717) is 12.5 Å². The minimum Gasteiger partial charge on any atom is -0.354 e. The summed E-state index contributed by atoms with van der Waals surface area (Å²) in [5, 5.41) is 3.10. The molecular weight excluding hydrogens is 228 g/mol. The molecule has 0 aromatic carbocycles. The summed E-state index contributed by atoms with van der Waals surface area (Å²) in [6, 6.07) is 1.89. The van der Waals surface area contributed by atoms with E-state index < -0.39 is 0 Å². The quantitative estimate of drug-likeness (QED) is 0.861. The third-order valence-corrected chi connectivity index (χ3v) is 2.67. The van der Waals surface area contributed by atoms with Gasteiger partial charge in [-0.15, -0.1) is 0 Å². The first kappa shape index (κ1) is 12.3. The largest absolute Gasteiger partial charge is 0.354 e. The van der Waals surface area contributed by atoms with Crippen LogP contribution in [0.5, 0.6) is 0 Å². The molecule has 0 fully saturated rings. The number of anilines is 2. The van der Waals surface area contributed by atoms with Gasteiger partial charge in [-0.3, -0.25) is 0 Å². The molecule has 0 saturated heterocycles. The lowest BCUT2D eigenvalue weighted by Crippen LogP contribution is -2.20. The minimum absolute atomic E-state index is 0.654. The van der Waals surface area contributed by atoms with Gasteiger partial charge in [-0.05, 0) is 13.0 Å². The minimum atomic E-state index is 0.654. The van der Waals surface area contributed by atoms with Gasteiger partial charge in [0, 0.05) is 39.2 Å². The first-order valence-corrected chi connectivity index (χ1v) is 5.95. The highest BCUT2D eigenvalue weighted by Crippen LogP contribution is 2.12. The predicted molar refractivity (Wildman–Crippen MR) is 71.5 cm³/mol. The molecule has 0 saturated carbocycles. The van der Waals surface area contributed by atoms with Crippen molar-refractivity contribution >= 4 is 11.8 Å². The molecule has 18 heavy (non-hydrogen) atoms. The van der Waals surface area contributed by atoms with E-state index in [1.807, 2.05) is 42.7 Å². The third-order valence-electron chi connectivity index (χ3n) is 2.67. The SMILES string of the molecule is CCNc1nccc(N(C)Cc2nccn2C)n1. The fourth-order valence-electron chi connectivity index (χ4n) is 1.65. The summed E-state index contributed by atoms with van der Waals surface area (Å²) in [5.41, 5.74) is 0. The fourth-order valence-corrected chi connectivity index (χ4v) is 1.65. The monoisotopic (exact) mass is 246 g/mol. The standard InChI is InChI=1S/C12H18N6/c1-4-13-12-15-6-5-10(16-12)18(3)9-11-14-7-8-17(11)2/h5-8H,4,9H2,1-3H3,(H,13,15,16). The van der Waals surface area contributed by atoms with Crippen LogP contribution in [0.1, 0.15) is 12.7 Å². The normalized spacial score (nSPS) is 10.4. The molecule has 2 rings (SSSR count). The van der Waals surface area contributed by atoms with E-state index in [4.69, 9.17) is 0 Å². The number of hydrogen-bond donors (Lipinski definition) is 1. The van der Waals surface area contributed by atoms with Gasteiger partial charge in [0.1, 0.15) is 11.6 Å². The number of nitrogens with one attached hydrogen (secondary N) is 1. The van der Waals surface area contributed by atoms with Crippen LogP contribution in [0.15, 0.2) is 24.7 Å². The number of aryl methyl sites for hydroxylation is 1. The van der Waals surface area contributed by atoms with Crippen molar-refractivity contribution < 1.29 is 0 Å². The van der Waals surface area contributed by atoms with Crippen molar-refractivity contribution in [1.29, 1.82) is 0 Å². The summed E-state index contributed by atoms with van der Waals surface area (Å²) >= 11 is 0. The van der Waals surface area contributed by atoms with E-state index in [0.717, 1.165) is 18.2 Å². The van der Waals surface area contributed by atoms with E-state index in [2.05, 4.69) is 20.3 Å². The Balaban J connectivity index is 2.11. The summed E-state index contributed by atoms with van der Waals surface area (Å²) in [7, 11) is 3.98. The second kappa shape index (κ2) is 5.48. The smallest absolute Gasteiger partial charge is 0.224 e. The van der Waals surface area contributed by atoms with Crippen LogP contribution in [0.3, 0.4) is 0 Å². The lowest BCUT2D eigenvalue weighted by molar-refractivity contribution is 0.754. The van der Waals surface area contributed by atoms with E-state index in [-0.39, 0.29) is 0 Å². The van der Waals surface area contributed by atoms with Gasteiger partial charge < -0.3 is 14.8 Å². The number of rotatable bonds is 5. The Morgan fingerprint density at radius 2 is 2.17 bits per heavy atom. The maximum Gasteiger partial charge on any atom is 0.224 e. The Hall–Kier alpha value is -2.11. The molecule has 2 heterocycles. The zero-order valence-electron chi connectivity index (χ0n) is 11.0. The zero-order valence-corrected chi connectivity index (χ0v) is 11.0. The van der Waals surface area contributed by atoms with Gasteiger partial charge in [0.05, 0.1) is 6.54 Å². The third kappa shape index (κ3) is 2.77. The zero-order chi connectivity index (χ0) is 13.0. The molecule has 2 aromatic heterocycles. The van der Waals surface area contributed by atoms with Crippen LogP contribution < -0.4 is 10.2 Å². The van der Waals surface area contributed by atoms with Crippen LogP contribution in [0.2, 0.25) is 0 Å². The summed E-state index contributed by atoms with van der Waals surface area (Å²) < 4.78 is 2.00. The molecule has 0 bridgehead atoms. The molecular formula is C12H18N6. The molecule has 0 radical (unpaired) electrons. The van der Waals surface area contributed by atoms with Crippen LogP contribution in [0, 0.1) is 0 Å². The Bertz CT molecular complexity index is 507. The highest BCUT2D eigenvalue weighted by atomic mass is 15.2. The lowest BCUT2D eigenvalue weighted by Gasteiger charge is -2.18. The van der Waals surface area contributed by atoms with Crippen LogP contribution in [-0.4, -0.2) is 33.1 Å². The van der Waals surface area contributed by atoms with Gasteiger partial charge in [0.15, 0.2) is 0 Å². The molecule has 0 aliphatic rings. The maximum atomic E-state index is 4.44. The molecule has 0 amide bonds. The van der Waals surface area contributed by atoms with E-state index in [1.165, 1.54) is 0 Å². The predicted octanol–water partition coefficient (Wildman–Crippen LogP) is 1.28. The Morgan fingerprint density at radius 1 is 1.33 bits per heavy atom. The fraction of sp³-hybridized carbons (Fsp3) is 0.417. The van der Waals surface area contributed by atoms with Crippen LogP contribution in [0.25, 0.3) is 0 Å². The van der Waals surface area contributed by atoms with Gasteiger partial charge in [-0.2, -0.15) is 4.98 Å². The molecule has 0 spiro atoms. The Morgan fingerprint density at radius 3 is 2.83 bits per heavy atom. The van der Waals surface area contributed by atoms with Crippen molar-refractivity contribution in [3.63, 3.8) is 0 Å². The molecule has 2 aromatic rings. The Kier molecular flexibility index (Phi) is 3.76. The molecule has 0 unspecified atom stereocenters. The van der Waals surface area contributed by atoms with Crippen molar-refractivity contribution in [2.45, 2.75) is 13.5 Å². The van der Waals surface area contributed by atoms with Crippen molar-refractivity contribution in [2.75, 3.05) is 23.8 Å². The van der Waals surface area contributed by atoms with Gasteiger partial charge in [-0.25, -0.2) is 9.97 Å². The van der Waals surface area contributed by atoms with Crippen LogP contribution in [0.4, 0.5) is 11.8 Å². The molecule has 6 nitrogen and oxygen atoms in total. The van der Waals surface area contributed by atoms with Gasteiger partial charge in [0.25, 0.3) is 0 Å². The summed E-state index contributed by atoms with van der Waals surface area (Å²) in [6.07, 6.45) is 5.50. The topological polar surface area (TPSA) is 58.9 Å². The molecule has 0 aliphatic heterocycles. The van der Waals surface area contributed by atoms with Crippen LogP contribution in [-0.2, 0) is 13.6 Å². The summed E-state index contributed by atoms with van der Waals surface area (Å²) in [6.45, 7) is 3.55. The molecule has 0 atom stereocenters. The van der Waals surface area contributed by atoms with E-state index >= 15 is 0 Å². The molecule has 1 N–H and O–H groups in total. The molecule has 0 aliphatic carbocycles. The lowest BCUT2D eigenvalue weighted by atomic mass is 10.4. The number of hydrogen-bond acceptors (Lipinski definition) is 5. The van der Waals surface area contributed by atoms with Crippen molar-refractivity contribution in [2.24, 2.45) is 7.05 Å². The van der Waals surface area contributed by atoms with Crippen LogP contribution >= 0.6 is 0 Å². The highest BCUT2D eigenvalue weighted by Gasteiger charge is 2.07. The summed E-state index contributed by atoms with van der Waals surface area (Å²) in [5.74, 6) is 2.53. The number of nitrogens with zero attached hydrogens (tertiary/aromatic N) is 5. The van der Waals surface area contributed by atoms with Gasteiger partial charge in [0.2, 0.25) is 5.95 Å². The average molecular weight is 246 g/mol. The Labute approximate surface area is 107 Å². The van der Waals surface area contributed by atoms with Gasteiger partial charge >= 0.3 is 0 Å². The first-order chi connectivity index (χ1) is 8.70. The highest BCUT2D eigenvalue weighted by molar-refractivity contribution is 5.41. The number of aromatic nitrogens is 4. The van der Waals surface area contributed by atoms with Crippen molar-refractivity contribution in [3.05, 3.63) is 30.5 Å². The maximum absolute atomic E-state index is 4.44.